The molecule has 0 saturated heterocycles. The molecule has 0 aliphatic carbocycles. The van der Waals surface area contributed by atoms with Gasteiger partial charge in [0.1, 0.15) is 5.54 Å². The summed E-state index contributed by atoms with van der Waals surface area (Å²) in [5.74, 6) is -0.959. The quantitative estimate of drug-likeness (QED) is 0.623. The molecule has 1 N–H and O–H groups in total. The first-order valence-electron chi connectivity index (χ1n) is 3.90. The molecule has 0 aromatic carbocycles. The average molecular weight is 173 g/mol. The van der Waals surface area contributed by atoms with Crippen molar-refractivity contribution in [3.05, 3.63) is 0 Å². The van der Waals surface area contributed by atoms with Gasteiger partial charge in [-0.2, -0.15) is 0 Å². The zero-order valence-electron chi connectivity index (χ0n) is 7.70. The van der Waals surface area contributed by atoms with Gasteiger partial charge in [-0.15, -0.1) is 0 Å². The summed E-state index contributed by atoms with van der Waals surface area (Å²) in [7, 11) is 1.48. The molecule has 0 aromatic heterocycles. The zero-order valence-corrected chi connectivity index (χ0v) is 7.70. The van der Waals surface area contributed by atoms with Crippen molar-refractivity contribution < 1.29 is 14.7 Å². The highest BCUT2D eigenvalue weighted by atomic mass is 16.4. The van der Waals surface area contributed by atoms with Crippen LogP contribution in [-0.2, 0) is 9.59 Å². The summed E-state index contributed by atoms with van der Waals surface area (Å²) in [5, 5.41) is 8.86. The number of carbonyl (C=O) groups excluding carboxylic acids is 1. The second-order valence-corrected chi connectivity index (χ2v) is 3.05. The lowest BCUT2D eigenvalue weighted by molar-refractivity contribution is -0.153. The molecule has 1 unspecified atom stereocenters. The molecule has 4 nitrogen and oxygen atoms in total. The van der Waals surface area contributed by atoms with Crippen LogP contribution in [0, 0.1) is 0 Å². The number of rotatable bonds is 5. The third kappa shape index (κ3) is 1.96. The first-order chi connectivity index (χ1) is 5.49. The maximum atomic E-state index is 10.8. The van der Waals surface area contributed by atoms with E-state index in [4.69, 9.17) is 5.11 Å². The molecular weight excluding hydrogens is 158 g/mol. The molecule has 0 aliphatic heterocycles. The van der Waals surface area contributed by atoms with Crippen molar-refractivity contribution >= 4 is 12.4 Å². The molecule has 0 aromatic rings. The molecule has 0 saturated carbocycles. The van der Waals surface area contributed by atoms with Gasteiger partial charge in [0.25, 0.3) is 0 Å². The normalized spacial score (nSPS) is 14.9. The fraction of sp³-hybridized carbons (Fsp3) is 0.750. The van der Waals surface area contributed by atoms with Crippen LogP contribution in [0.5, 0.6) is 0 Å². The van der Waals surface area contributed by atoms with Gasteiger partial charge in [-0.3, -0.25) is 4.79 Å². The molecule has 0 radical (unpaired) electrons. The Hall–Kier alpha value is -1.06. The molecule has 0 fully saturated rings. The van der Waals surface area contributed by atoms with Crippen molar-refractivity contribution in [3.8, 4) is 0 Å². The predicted octanol–water partition coefficient (Wildman–Crippen LogP) is 0.718. The van der Waals surface area contributed by atoms with Crippen molar-refractivity contribution in [1.82, 2.24) is 4.90 Å². The van der Waals surface area contributed by atoms with E-state index in [0.29, 0.717) is 12.8 Å². The molecule has 12 heavy (non-hydrogen) atoms. The van der Waals surface area contributed by atoms with Crippen LogP contribution in [0.3, 0.4) is 0 Å². The number of amides is 1. The van der Waals surface area contributed by atoms with E-state index in [1.165, 1.54) is 11.9 Å². The summed E-state index contributed by atoms with van der Waals surface area (Å²) < 4.78 is 0. The Morgan fingerprint density at radius 1 is 1.67 bits per heavy atom. The summed E-state index contributed by atoms with van der Waals surface area (Å²) in [6, 6.07) is 0. The fourth-order valence-electron chi connectivity index (χ4n) is 1.04. The summed E-state index contributed by atoms with van der Waals surface area (Å²) in [4.78, 5) is 22.4. The Balaban J connectivity index is 4.59. The standard InChI is InChI=1S/C8H15NO3/c1-4-5-8(2,7(11)12)9(3)6-10/h6H,4-5H2,1-3H3,(H,11,12). The average Bonchev–Trinajstić information content (AvgIpc) is 2.03. The lowest BCUT2D eigenvalue weighted by Crippen LogP contribution is -2.49. The van der Waals surface area contributed by atoms with Gasteiger partial charge in [0.05, 0.1) is 0 Å². The van der Waals surface area contributed by atoms with Crippen molar-refractivity contribution in [2.45, 2.75) is 32.2 Å². The van der Waals surface area contributed by atoms with Crippen LogP contribution < -0.4 is 0 Å². The van der Waals surface area contributed by atoms with E-state index in [2.05, 4.69) is 0 Å². The first-order valence-corrected chi connectivity index (χ1v) is 3.90. The number of carbonyl (C=O) groups is 2. The highest BCUT2D eigenvalue weighted by Gasteiger charge is 2.35. The van der Waals surface area contributed by atoms with Crippen molar-refractivity contribution in [1.29, 1.82) is 0 Å². The predicted molar refractivity (Wildman–Crippen MR) is 44.8 cm³/mol. The number of hydrogen-bond donors (Lipinski definition) is 1. The number of carboxylic acids is 1. The van der Waals surface area contributed by atoms with Crippen LogP contribution in [0.1, 0.15) is 26.7 Å². The smallest absolute Gasteiger partial charge is 0.329 e. The lowest BCUT2D eigenvalue weighted by Gasteiger charge is -2.31. The van der Waals surface area contributed by atoms with Gasteiger partial charge in [-0.05, 0) is 13.3 Å². The van der Waals surface area contributed by atoms with Crippen molar-refractivity contribution in [3.63, 3.8) is 0 Å². The van der Waals surface area contributed by atoms with Crippen LogP contribution >= 0.6 is 0 Å². The number of likely N-dealkylation sites (N-methyl/N-ethyl adjacent to an activating group) is 1. The Kier molecular flexibility index (Phi) is 3.73. The molecule has 70 valence electrons. The van der Waals surface area contributed by atoms with Crippen LogP contribution in [0.15, 0.2) is 0 Å². The summed E-state index contributed by atoms with van der Waals surface area (Å²) in [5.41, 5.74) is -1.06. The van der Waals surface area contributed by atoms with E-state index in [0.717, 1.165) is 6.42 Å². The summed E-state index contributed by atoms with van der Waals surface area (Å²) >= 11 is 0. The van der Waals surface area contributed by atoms with E-state index in [1.54, 1.807) is 6.92 Å². The minimum atomic E-state index is -1.06. The second kappa shape index (κ2) is 4.09. The Morgan fingerprint density at radius 2 is 2.17 bits per heavy atom. The molecule has 1 amide bonds. The molecule has 1 atom stereocenters. The van der Waals surface area contributed by atoms with Crippen molar-refractivity contribution in [2.24, 2.45) is 0 Å². The van der Waals surface area contributed by atoms with Crippen LogP contribution in [0.2, 0.25) is 0 Å². The van der Waals surface area contributed by atoms with E-state index in [9.17, 15) is 9.59 Å². The largest absolute Gasteiger partial charge is 0.480 e. The Morgan fingerprint density at radius 3 is 2.42 bits per heavy atom. The minimum Gasteiger partial charge on any atom is -0.480 e. The number of hydrogen-bond acceptors (Lipinski definition) is 2. The molecule has 4 heteroatoms. The monoisotopic (exact) mass is 173 g/mol. The number of aliphatic carboxylic acids is 1. The van der Waals surface area contributed by atoms with Crippen LogP contribution in [0.25, 0.3) is 0 Å². The maximum Gasteiger partial charge on any atom is 0.329 e. The van der Waals surface area contributed by atoms with Crippen LogP contribution in [-0.4, -0.2) is 35.0 Å². The van der Waals surface area contributed by atoms with Crippen LogP contribution in [0.4, 0.5) is 0 Å². The molecule has 0 bridgehead atoms. The molecule has 0 aliphatic rings. The lowest BCUT2D eigenvalue weighted by atomic mass is 9.95. The molecule has 0 heterocycles. The van der Waals surface area contributed by atoms with E-state index in [1.807, 2.05) is 6.92 Å². The Bertz CT molecular complexity index is 181. The fourth-order valence-corrected chi connectivity index (χ4v) is 1.04. The number of carboxylic acid groups (broad SMARTS) is 1. The van der Waals surface area contributed by atoms with Crippen molar-refractivity contribution in [2.75, 3.05) is 7.05 Å². The molecule has 0 rings (SSSR count). The number of nitrogens with zero attached hydrogens (tertiary/aromatic N) is 1. The zero-order chi connectivity index (χ0) is 9.78. The third-order valence-electron chi connectivity index (χ3n) is 2.13. The van der Waals surface area contributed by atoms with Gasteiger partial charge in [0.2, 0.25) is 6.41 Å². The minimum absolute atomic E-state index is 0.470. The van der Waals surface area contributed by atoms with E-state index >= 15 is 0 Å². The Labute approximate surface area is 72.2 Å². The van der Waals surface area contributed by atoms with E-state index < -0.39 is 11.5 Å². The van der Waals surface area contributed by atoms with Gasteiger partial charge in [0, 0.05) is 7.05 Å². The highest BCUT2D eigenvalue weighted by Crippen LogP contribution is 2.18. The van der Waals surface area contributed by atoms with E-state index in [-0.39, 0.29) is 0 Å². The highest BCUT2D eigenvalue weighted by molar-refractivity contribution is 5.80. The summed E-state index contributed by atoms with van der Waals surface area (Å²) in [6.45, 7) is 3.44. The SMILES string of the molecule is CCCC(C)(C(=O)O)N(C)C=O. The van der Waals surface area contributed by atoms with Gasteiger partial charge < -0.3 is 10.0 Å². The first kappa shape index (κ1) is 10.9. The summed E-state index contributed by atoms with van der Waals surface area (Å²) in [6.07, 6.45) is 1.75. The van der Waals surface area contributed by atoms with Gasteiger partial charge in [-0.1, -0.05) is 13.3 Å². The maximum absolute atomic E-state index is 10.8. The molecule has 0 spiro atoms. The van der Waals surface area contributed by atoms with Gasteiger partial charge >= 0.3 is 5.97 Å². The molecular formula is C8H15NO3. The second-order valence-electron chi connectivity index (χ2n) is 3.05. The topological polar surface area (TPSA) is 57.6 Å². The van der Waals surface area contributed by atoms with Gasteiger partial charge in [-0.25, -0.2) is 4.79 Å². The van der Waals surface area contributed by atoms with Gasteiger partial charge in [0.15, 0.2) is 0 Å². The third-order valence-corrected chi connectivity index (χ3v) is 2.13.